The number of nitrogens with one attached hydrogen (secondary N) is 2. The van der Waals surface area contributed by atoms with Crippen molar-refractivity contribution < 1.29 is 9.18 Å². The number of carbonyl (C=O) groups is 1. The molecule has 0 unspecified atom stereocenters. The molecule has 4 heteroatoms. The summed E-state index contributed by atoms with van der Waals surface area (Å²) in [5.74, 6) is -0.632. The third-order valence-electron chi connectivity index (χ3n) is 3.59. The minimum Gasteiger partial charge on any atom is -0.356 e. The topological polar surface area (TPSA) is 41.1 Å². The number of aryl methyl sites for hydroxylation is 1. The van der Waals surface area contributed by atoms with Crippen LogP contribution in [0.4, 0.5) is 21.5 Å². The van der Waals surface area contributed by atoms with Crippen molar-refractivity contribution in [3.05, 3.63) is 89.7 Å². The molecule has 0 saturated heterocycles. The lowest BCUT2D eigenvalue weighted by Crippen LogP contribution is -2.11. The summed E-state index contributed by atoms with van der Waals surface area (Å²) in [6.07, 6.45) is 0. The highest BCUT2D eigenvalue weighted by Crippen LogP contribution is 2.19. The second kappa shape index (κ2) is 6.96. The van der Waals surface area contributed by atoms with Crippen molar-refractivity contribution in [3.8, 4) is 0 Å². The molecule has 0 saturated carbocycles. The summed E-state index contributed by atoms with van der Waals surface area (Å²) in [7, 11) is 0. The number of halogens is 1. The van der Waals surface area contributed by atoms with Crippen LogP contribution in [0.3, 0.4) is 0 Å². The van der Waals surface area contributed by atoms with Crippen LogP contribution in [-0.2, 0) is 0 Å². The van der Waals surface area contributed by atoms with E-state index in [1.54, 1.807) is 0 Å². The van der Waals surface area contributed by atoms with E-state index in [2.05, 4.69) is 10.6 Å². The number of hydrogen-bond donors (Lipinski definition) is 2. The smallest absolute Gasteiger partial charge is 0.255 e. The van der Waals surface area contributed by atoms with Crippen LogP contribution in [0.25, 0.3) is 0 Å². The van der Waals surface area contributed by atoms with E-state index in [9.17, 15) is 9.18 Å². The highest BCUT2D eigenvalue weighted by atomic mass is 19.1. The molecule has 3 aromatic carbocycles. The maximum atomic E-state index is 12.9. The molecule has 1 amide bonds. The largest absolute Gasteiger partial charge is 0.356 e. The van der Waals surface area contributed by atoms with Gasteiger partial charge in [0, 0.05) is 22.6 Å². The summed E-state index contributed by atoms with van der Waals surface area (Å²) >= 11 is 0. The fourth-order valence-corrected chi connectivity index (χ4v) is 2.24. The van der Waals surface area contributed by atoms with Crippen LogP contribution >= 0.6 is 0 Å². The van der Waals surface area contributed by atoms with Crippen LogP contribution in [0.15, 0.2) is 72.8 Å². The lowest BCUT2D eigenvalue weighted by atomic mass is 10.2. The molecule has 0 bridgehead atoms. The summed E-state index contributed by atoms with van der Waals surface area (Å²) in [5, 5.41) is 6.08. The van der Waals surface area contributed by atoms with Gasteiger partial charge in [-0.05, 0) is 67.6 Å². The van der Waals surface area contributed by atoms with Crippen LogP contribution in [0, 0.1) is 12.7 Å². The van der Waals surface area contributed by atoms with Gasteiger partial charge in [0.1, 0.15) is 5.82 Å². The van der Waals surface area contributed by atoms with Crippen molar-refractivity contribution >= 4 is 23.0 Å². The first-order valence-corrected chi connectivity index (χ1v) is 7.61. The summed E-state index contributed by atoms with van der Waals surface area (Å²) in [4.78, 5) is 12.1. The minimum absolute atomic E-state index is 0.269. The monoisotopic (exact) mass is 320 g/mol. The van der Waals surface area contributed by atoms with E-state index in [0.29, 0.717) is 11.3 Å². The molecule has 0 atom stereocenters. The maximum Gasteiger partial charge on any atom is 0.255 e. The predicted molar refractivity (Wildman–Crippen MR) is 95.3 cm³/mol. The number of amides is 1. The van der Waals surface area contributed by atoms with Gasteiger partial charge in [-0.1, -0.05) is 17.7 Å². The highest BCUT2D eigenvalue weighted by Gasteiger charge is 2.06. The average Bonchev–Trinajstić information content (AvgIpc) is 2.59. The molecule has 0 aromatic heterocycles. The number of anilines is 3. The molecule has 0 spiro atoms. The van der Waals surface area contributed by atoms with Gasteiger partial charge < -0.3 is 10.6 Å². The van der Waals surface area contributed by atoms with Gasteiger partial charge in [-0.25, -0.2) is 4.39 Å². The summed E-state index contributed by atoms with van der Waals surface area (Å²) in [6, 6.07) is 21.0. The van der Waals surface area contributed by atoms with Crippen molar-refractivity contribution in [2.24, 2.45) is 0 Å². The fraction of sp³-hybridized carbons (Fsp3) is 0.0500. The molecule has 3 aromatic rings. The molecule has 24 heavy (non-hydrogen) atoms. The molecule has 0 aliphatic rings. The highest BCUT2D eigenvalue weighted by molar-refractivity contribution is 6.04. The van der Waals surface area contributed by atoms with Crippen LogP contribution in [0.5, 0.6) is 0 Å². The van der Waals surface area contributed by atoms with Crippen LogP contribution in [-0.4, -0.2) is 5.91 Å². The predicted octanol–water partition coefficient (Wildman–Crippen LogP) is 5.13. The molecule has 3 rings (SSSR count). The van der Waals surface area contributed by atoms with Crippen molar-refractivity contribution in [1.29, 1.82) is 0 Å². The summed E-state index contributed by atoms with van der Waals surface area (Å²) < 4.78 is 12.9. The second-order valence-corrected chi connectivity index (χ2v) is 5.53. The van der Waals surface area contributed by atoms with Gasteiger partial charge in [-0.3, -0.25) is 4.79 Å². The standard InChI is InChI=1S/C20H17FN2O/c1-14-2-8-17(9-3-14)22-18-10-12-19(13-11-18)23-20(24)15-4-6-16(21)7-5-15/h2-13,22H,1H3,(H,23,24). The lowest BCUT2D eigenvalue weighted by molar-refractivity contribution is 0.102. The van der Waals surface area contributed by atoms with E-state index in [1.807, 2.05) is 55.5 Å². The van der Waals surface area contributed by atoms with Crippen molar-refractivity contribution in [3.63, 3.8) is 0 Å². The van der Waals surface area contributed by atoms with E-state index < -0.39 is 0 Å². The minimum atomic E-state index is -0.363. The molecule has 3 nitrogen and oxygen atoms in total. The van der Waals surface area contributed by atoms with Gasteiger partial charge >= 0.3 is 0 Å². The first-order chi connectivity index (χ1) is 11.6. The van der Waals surface area contributed by atoms with Gasteiger partial charge in [0.15, 0.2) is 0 Å². The fourth-order valence-electron chi connectivity index (χ4n) is 2.24. The molecule has 0 fully saturated rings. The van der Waals surface area contributed by atoms with Crippen molar-refractivity contribution in [1.82, 2.24) is 0 Å². The Bertz CT molecular complexity index is 825. The van der Waals surface area contributed by atoms with E-state index in [-0.39, 0.29) is 11.7 Å². The lowest BCUT2D eigenvalue weighted by Gasteiger charge is -2.09. The Morgan fingerprint density at radius 3 is 1.83 bits per heavy atom. The van der Waals surface area contributed by atoms with Crippen LogP contribution < -0.4 is 10.6 Å². The maximum absolute atomic E-state index is 12.9. The molecule has 0 radical (unpaired) electrons. The van der Waals surface area contributed by atoms with E-state index in [0.717, 1.165) is 11.4 Å². The molecular formula is C20H17FN2O. The van der Waals surface area contributed by atoms with Gasteiger partial charge in [0.2, 0.25) is 0 Å². The van der Waals surface area contributed by atoms with Crippen LogP contribution in [0.2, 0.25) is 0 Å². The quantitative estimate of drug-likeness (QED) is 0.699. The van der Waals surface area contributed by atoms with E-state index in [4.69, 9.17) is 0 Å². The van der Waals surface area contributed by atoms with E-state index in [1.165, 1.54) is 29.8 Å². The van der Waals surface area contributed by atoms with E-state index >= 15 is 0 Å². The second-order valence-electron chi connectivity index (χ2n) is 5.53. The molecule has 2 N–H and O–H groups in total. The third-order valence-corrected chi connectivity index (χ3v) is 3.59. The summed E-state index contributed by atoms with van der Waals surface area (Å²) in [6.45, 7) is 2.04. The summed E-state index contributed by atoms with van der Waals surface area (Å²) in [5.41, 5.74) is 4.23. The molecule has 0 aliphatic heterocycles. The Morgan fingerprint density at radius 2 is 1.25 bits per heavy atom. The molecule has 0 heterocycles. The number of hydrogen-bond acceptors (Lipinski definition) is 2. The number of carbonyl (C=O) groups excluding carboxylic acids is 1. The Balaban J connectivity index is 1.64. The van der Waals surface area contributed by atoms with Crippen LogP contribution in [0.1, 0.15) is 15.9 Å². The first kappa shape index (κ1) is 15.7. The number of rotatable bonds is 4. The molecule has 0 aliphatic carbocycles. The zero-order valence-corrected chi connectivity index (χ0v) is 13.2. The van der Waals surface area contributed by atoms with Gasteiger partial charge in [-0.15, -0.1) is 0 Å². The SMILES string of the molecule is Cc1ccc(Nc2ccc(NC(=O)c3ccc(F)cc3)cc2)cc1. The van der Waals surface area contributed by atoms with Gasteiger partial charge in [0.25, 0.3) is 5.91 Å². The third kappa shape index (κ3) is 3.98. The van der Waals surface area contributed by atoms with Crippen molar-refractivity contribution in [2.45, 2.75) is 6.92 Å². The Morgan fingerprint density at radius 1 is 0.750 bits per heavy atom. The Kier molecular flexibility index (Phi) is 4.57. The zero-order chi connectivity index (χ0) is 16.9. The zero-order valence-electron chi connectivity index (χ0n) is 13.2. The normalized spacial score (nSPS) is 10.2. The van der Waals surface area contributed by atoms with Crippen molar-refractivity contribution in [2.75, 3.05) is 10.6 Å². The first-order valence-electron chi connectivity index (χ1n) is 7.61. The average molecular weight is 320 g/mol. The van der Waals surface area contributed by atoms with Gasteiger partial charge in [-0.2, -0.15) is 0 Å². The van der Waals surface area contributed by atoms with Gasteiger partial charge in [0.05, 0.1) is 0 Å². The molecular weight excluding hydrogens is 303 g/mol. The Labute approximate surface area is 140 Å². The molecule has 120 valence electrons. The number of benzene rings is 3. The Hall–Kier alpha value is -3.14.